The highest BCUT2D eigenvalue weighted by Gasteiger charge is 2.31. The standard InChI is InChI=1S/C34H44N6O2/c1-5-9-29(39-22-35-27-20-25(10-12-30(27)39)32(41)37-16-7-6-8-17-37)24-14-18-38(19-15-24)33(42)26-11-13-31-28(21-26)36-23-40(31)34(2,3)4/h10-13,20-24,29H,5-9,14-19H2,1-4H3. The molecule has 4 heterocycles. The lowest BCUT2D eigenvalue weighted by atomic mass is 9.86. The van der Waals surface area contributed by atoms with Gasteiger partial charge in [0.2, 0.25) is 0 Å². The summed E-state index contributed by atoms with van der Waals surface area (Å²) in [4.78, 5) is 39.9. The van der Waals surface area contributed by atoms with Crippen molar-refractivity contribution in [2.24, 2.45) is 5.92 Å². The van der Waals surface area contributed by atoms with Gasteiger partial charge in [0.05, 0.1) is 34.7 Å². The van der Waals surface area contributed by atoms with Crippen LogP contribution in [0.2, 0.25) is 0 Å². The molecule has 0 N–H and O–H groups in total. The summed E-state index contributed by atoms with van der Waals surface area (Å²) < 4.78 is 4.48. The van der Waals surface area contributed by atoms with Gasteiger partial charge in [0.15, 0.2) is 0 Å². The molecule has 42 heavy (non-hydrogen) atoms. The lowest BCUT2D eigenvalue weighted by Crippen LogP contribution is -2.40. The van der Waals surface area contributed by atoms with Gasteiger partial charge < -0.3 is 18.9 Å². The van der Waals surface area contributed by atoms with E-state index in [2.05, 4.69) is 47.9 Å². The molecule has 8 nitrogen and oxygen atoms in total. The first-order valence-corrected chi connectivity index (χ1v) is 15.8. The van der Waals surface area contributed by atoms with E-state index in [1.165, 1.54) is 6.42 Å². The maximum atomic E-state index is 13.5. The van der Waals surface area contributed by atoms with Gasteiger partial charge in [0.1, 0.15) is 0 Å². The number of benzene rings is 2. The van der Waals surface area contributed by atoms with Gasteiger partial charge in [0, 0.05) is 48.9 Å². The lowest BCUT2D eigenvalue weighted by molar-refractivity contribution is 0.0657. The number of hydrogen-bond acceptors (Lipinski definition) is 4. The second-order valence-electron chi connectivity index (χ2n) is 13.2. The Morgan fingerprint density at radius 2 is 1.38 bits per heavy atom. The number of aromatic nitrogens is 4. The van der Waals surface area contributed by atoms with Crippen LogP contribution in [0.25, 0.3) is 22.1 Å². The van der Waals surface area contributed by atoms with Gasteiger partial charge in [-0.15, -0.1) is 0 Å². The van der Waals surface area contributed by atoms with Gasteiger partial charge in [-0.05, 0) is 102 Å². The molecule has 2 aliphatic heterocycles. The Balaban J connectivity index is 1.15. The Morgan fingerprint density at radius 3 is 2.00 bits per heavy atom. The van der Waals surface area contributed by atoms with Crippen LogP contribution in [0.1, 0.15) is 99.4 Å². The highest BCUT2D eigenvalue weighted by molar-refractivity contribution is 5.98. The Kier molecular flexibility index (Phi) is 7.81. The van der Waals surface area contributed by atoms with E-state index in [0.717, 1.165) is 92.3 Å². The van der Waals surface area contributed by atoms with Crippen molar-refractivity contribution in [3.63, 3.8) is 0 Å². The number of nitrogens with zero attached hydrogens (tertiary/aromatic N) is 6. The SMILES string of the molecule is CCCC(C1CCN(C(=O)c2ccc3c(c2)ncn3C(C)(C)C)CC1)n1cnc2cc(C(=O)N3CCCCC3)ccc21. The van der Waals surface area contributed by atoms with Crippen LogP contribution < -0.4 is 0 Å². The molecule has 0 saturated carbocycles. The zero-order chi connectivity index (χ0) is 29.4. The molecule has 2 aliphatic rings. The number of fused-ring (bicyclic) bond motifs is 2. The summed E-state index contributed by atoms with van der Waals surface area (Å²) in [6, 6.07) is 12.3. The minimum atomic E-state index is -0.0649. The van der Waals surface area contributed by atoms with Crippen molar-refractivity contribution in [2.45, 2.75) is 84.2 Å². The molecule has 2 fully saturated rings. The van der Waals surface area contributed by atoms with Crippen molar-refractivity contribution in [1.29, 1.82) is 0 Å². The maximum Gasteiger partial charge on any atom is 0.253 e. The van der Waals surface area contributed by atoms with Crippen molar-refractivity contribution in [2.75, 3.05) is 26.2 Å². The van der Waals surface area contributed by atoms with Gasteiger partial charge in [0.25, 0.3) is 11.8 Å². The van der Waals surface area contributed by atoms with E-state index in [-0.39, 0.29) is 17.4 Å². The molecule has 2 amide bonds. The van der Waals surface area contributed by atoms with E-state index in [9.17, 15) is 9.59 Å². The molecule has 222 valence electrons. The van der Waals surface area contributed by atoms with E-state index in [0.29, 0.717) is 17.5 Å². The molecule has 0 bridgehead atoms. The number of imidazole rings is 2. The number of rotatable bonds is 6. The highest BCUT2D eigenvalue weighted by Crippen LogP contribution is 2.35. The van der Waals surface area contributed by atoms with Crippen molar-refractivity contribution >= 4 is 33.9 Å². The summed E-state index contributed by atoms with van der Waals surface area (Å²) in [6.07, 6.45) is 11.3. The molecular weight excluding hydrogens is 524 g/mol. The molecule has 1 atom stereocenters. The predicted octanol–water partition coefficient (Wildman–Crippen LogP) is 6.66. The number of likely N-dealkylation sites (tertiary alicyclic amines) is 2. The van der Waals surface area contributed by atoms with E-state index in [4.69, 9.17) is 4.98 Å². The summed E-state index contributed by atoms with van der Waals surface area (Å²) in [5, 5.41) is 0. The zero-order valence-electron chi connectivity index (χ0n) is 25.6. The van der Waals surface area contributed by atoms with Crippen molar-refractivity contribution in [3.8, 4) is 0 Å². The highest BCUT2D eigenvalue weighted by atomic mass is 16.2. The third-order valence-corrected chi connectivity index (χ3v) is 9.29. The number of carbonyl (C=O) groups is 2. The fraction of sp³-hybridized carbons (Fsp3) is 0.529. The topological polar surface area (TPSA) is 76.3 Å². The van der Waals surface area contributed by atoms with Crippen molar-refractivity contribution < 1.29 is 9.59 Å². The number of hydrogen-bond donors (Lipinski definition) is 0. The van der Waals surface area contributed by atoms with Crippen LogP contribution in [0.4, 0.5) is 0 Å². The van der Waals surface area contributed by atoms with Gasteiger partial charge in [-0.25, -0.2) is 9.97 Å². The number of carbonyl (C=O) groups excluding carboxylic acids is 2. The van der Waals surface area contributed by atoms with E-state index in [1.54, 1.807) is 0 Å². The Hall–Kier alpha value is -3.68. The third-order valence-electron chi connectivity index (χ3n) is 9.29. The average Bonchev–Trinajstić information content (AvgIpc) is 3.63. The van der Waals surface area contributed by atoms with Crippen LogP contribution in [0, 0.1) is 5.92 Å². The van der Waals surface area contributed by atoms with Crippen LogP contribution in [0.15, 0.2) is 49.1 Å². The van der Waals surface area contributed by atoms with E-state index < -0.39 is 0 Å². The van der Waals surface area contributed by atoms with Crippen LogP contribution in [-0.2, 0) is 5.54 Å². The molecule has 2 aromatic carbocycles. The Labute approximate surface area is 248 Å². The first-order chi connectivity index (χ1) is 20.2. The molecule has 8 heteroatoms. The Morgan fingerprint density at radius 1 is 0.810 bits per heavy atom. The minimum absolute atomic E-state index is 0.0649. The molecule has 0 aliphatic carbocycles. The van der Waals surface area contributed by atoms with Crippen LogP contribution in [-0.4, -0.2) is 66.9 Å². The summed E-state index contributed by atoms with van der Waals surface area (Å²) in [7, 11) is 0. The molecule has 0 spiro atoms. The smallest absolute Gasteiger partial charge is 0.253 e. The summed E-state index contributed by atoms with van der Waals surface area (Å²) in [5.74, 6) is 0.674. The van der Waals surface area contributed by atoms with Crippen LogP contribution >= 0.6 is 0 Å². The summed E-state index contributed by atoms with van der Waals surface area (Å²) in [6.45, 7) is 11.9. The molecule has 2 aromatic heterocycles. The predicted molar refractivity (Wildman–Crippen MR) is 167 cm³/mol. The van der Waals surface area contributed by atoms with Crippen LogP contribution in [0.5, 0.6) is 0 Å². The fourth-order valence-electron chi connectivity index (χ4n) is 6.96. The van der Waals surface area contributed by atoms with Gasteiger partial charge >= 0.3 is 0 Å². The van der Waals surface area contributed by atoms with Crippen LogP contribution in [0.3, 0.4) is 0 Å². The quantitative estimate of drug-likeness (QED) is 0.261. The molecule has 2 saturated heterocycles. The lowest BCUT2D eigenvalue weighted by Gasteiger charge is -2.37. The van der Waals surface area contributed by atoms with Gasteiger partial charge in [-0.1, -0.05) is 13.3 Å². The summed E-state index contributed by atoms with van der Waals surface area (Å²) >= 11 is 0. The second kappa shape index (κ2) is 11.5. The van der Waals surface area contributed by atoms with Gasteiger partial charge in [-0.3, -0.25) is 9.59 Å². The Bertz CT molecular complexity index is 1580. The second-order valence-corrected chi connectivity index (χ2v) is 13.2. The molecule has 6 rings (SSSR count). The molecular formula is C34H44N6O2. The normalized spacial score (nSPS) is 17.7. The first kappa shape index (κ1) is 28.4. The van der Waals surface area contributed by atoms with E-state index >= 15 is 0 Å². The fourth-order valence-corrected chi connectivity index (χ4v) is 6.96. The zero-order valence-corrected chi connectivity index (χ0v) is 25.6. The average molecular weight is 569 g/mol. The molecule has 0 radical (unpaired) electrons. The maximum absolute atomic E-state index is 13.5. The molecule has 1 unspecified atom stereocenters. The third kappa shape index (κ3) is 5.43. The minimum Gasteiger partial charge on any atom is -0.339 e. The summed E-state index contributed by atoms with van der Waals surface area (Å²) in [5.41, 5.74) is 5.26. The number of amides is 2. The van der Waals surface area contributed by atoms with Gasteiger partial charge in [-0.2, -0.15) is 0 Å². The van der Waals surface area contributed by atoms with Crippen molar-refractivity contribution in [1.82, 2.24) is 28.9 Å². The van der Waals surface area contributed by atoms with E-state index in [1.807, 2.05) is 52.8 Å². The molecule has 4 aromatic rings. The monoisotopic (exact) mass is 568 g/mol. The number of piperidine rings is 2. The first-order valence-electron chi connectivity index (χ1n) is 15.8. The van der Waals surface area contributed by atoms with Crippen molar-refractivity contribution in [3.05, 3.63) is 60.2 Å². The largest absolute Gasteiger partial charge is 0.339 e.